The average molecular weight is 405 g/mol. The number of carbonyl (C=O) groups is 3. The number of nitrogens with one attached hydrogen (secondary N) is 1. The Morgan fingerprint density at radius 1 is 1.00 bits per heavy atom. The summed E-state index contributed by atoms with van der Waals surface area (Å²) in [6.45, 7) is 2.92. The zero-order valence-electron chi connectivity index (χ0n) is 17.3. The van der Waals surface area contributed by atoms with Crippen LogP contribution in [0.25, 0.3) is 0 Å². The van der Waals surface area contributed by atoms with Gasteiger partial charge in [-0.15, -0.1) is 0 Å². The number of nitrogens with zero attached hydrogens (tertiary/aromatic N) is 2. The molecule has 0 bridgehead atoms. The van der Waals surface area contributed by atoms with E-state index in [2.05, 4.69) is 5.32 Å². The summed E-state index contributed by atoms with van der Waals surface area (Å²) in [5.74, 6) is -0.103. The van der Waals surface area contributed by atoms with E-state index < -0.39 is 0 Å². The van der Waals surface area contributed by atoms with Gasteiger partial charge in [0.1, 0.15) is 6.04 Å². The Morgan fingerprint density at radius 3 is 2.50 bits per heavy atom. The predicted molar refractivity (Wildman–Crippen MR) is 115 cm³/mol. The van der Waals surface area contributed by atoms with Gasteiger partial charge in [0, 0.05) is 31.6 Å². The fourth-order valence-electron chi connectivity index (χ4n) is 4.17. The van der Waals surface area contributed by atoms with Crippen LogP contribution in [0, 0.1) is 6.92 Å². The number of anilines is 1. The molecule has 2 heterocycles. The molecule has 4 rings (SSSR count). The first-order valence-corrected chi connectivity index (χ1v) is 10.6. The van der Waals surface area contributed by atoms with E-state index in [0.29, 0.717) is 32.4 Å². The van der Waals surface area contributed by atoms with Crippen molar-refractivity contribution < 1.29 is 14.4 Å². The lowest BCUT2D eigenvalue weighted by molar-refractivity contribution is -0.128. The zero-order valence-corrected chi connectivity index (χ0v) is 17.3. The molecule has 2 aliphatic heterocycles. The molecule has 2 aromatic carbocycles. The third-order valence-electron chi connectivity index (χ3n) is 5.90. The number of hydrogen-bond donors (Lipinski definition) is 1. The summed E-state index contributed by atoms with van der Waals surface area (Å²) in [7, 11) is 0. The van der Waals surface area contributed by atoms with Crippen LogP contribution >= 0.6 is 0 Å². The molecular formula is C24H27N3O3. The Kier molecular flexibility index (Phi) is 5.84. The number of carbonyl (C=O) groups excluding carboxylic acids is 3. The number of hydrogen-bond acceptors (Lipinski definition) is 3. The number of rotatable bonds is 7. The minimum Gasteiger partial charge on any atom is -0.326 e. The number of fused-ring (bicyclic) bond motifs is 2. The van der Waals surface area contributed by atoms with Crippen LogP contribution in [0.1, 0.15) is 42.4 Å². The van der Waals surface area contributed by atoms with Gasteiger partial charge in [0.25, 0.3) is 5.91 Å². The van der Waals surface area contributed by atoms with Gasteiger partial charge in [-0.3, -0.25) is 14.5 Å². The lowest BCUT2D eigenvalue weighted by Gasteiger charge is -2.28. The van der Waals surface area contributed by atoms with Crippen LogP contribution in [0.5, 0.6) is 0 Å². The molecule has 6 nitrogen and oxygen atoms in total. The van der Waals surface area contributed by atoms with Crippen LogP contribution in [0.2, 0.25) is 0 Å². The highest BCUT2D eigenvalue weighted by molar-refractivity contribution is 6.04. The predicted octanol–water partition coefficient (Wildman–Crippen LogP) is 3.88. The molecular weight excluding hydrogens is 378 g/mol. The second kappa shape index (κ2) is 8.69. The van der Waals surface area contributed by atoms with Crippen LogP contribution in [-0.4, -0.2) is 40.2 Å². The fourth-order valence-corrected chi connectivity index (χ4v) is 4.17. The molecule has 1 fully saturated rings. The molecule has 2 aliphatic rings. The maximum absolute atomic E-state index is 12.8. The summed E-state index contributed by atoms with van der Waals surface area (Å²) < 4.78 is 0. The van der Waals surface area contributed by atoms with Crippen molar-refractivity contribution in [1.29, 1.82) is 0 Å². The summed E-state index contributed by atoms with van der Waals surface area (Å²) in [5.41, 5.74) is 4.23. The van der Waals surface area contributed by atoms with Crippen molar-refractivity contribution in [3.05, 3.63) is 65.2 Å². The van der Waals surface area contributed by atoms with Crippen molar-refractivity contribution >= 4 is 23.5 Å². The molecule has 0 unspecified atom stereocenters. The Labute approximate surface area is 176 Å². The molecule has 1 N–H and O–H groups in total. The number of amides is 4. The van der Waals surface area contributed by atoms with Crippen LogP contribution in [-0.2, 0) is 22.6 Å². The van der Waals surface area contributed by atoms with Crippen molar-refractivity contribution in [2.75, 3.05) is 11.9 Å². The quantitative estimate of drug-likeness (QED) is 0.561. The molecule has 4 amide bonds. The van der Waals surface area contributed by atoms with E-state index in [9.17, 15) is 14.4 Å². The highest BCUT2D eigenvalue weighted by Gasteiger charge is 2.46. The summed E-state index contributed by atoms with van der Waals surface area (Å²) in [6, 6.07) is 15.2. The van der Waals surface area contributed by atoms with E-state index in [1.165, 1.54) is 4.90 Å². The molecule has 0 aromatic heterocycles. The molecule has 1 atom stereocenters. The molecule has 0 aliphatic carbocycles. The van der Waals surface area contributed by atoms with Crippen LogP contribution < -0.4 is 5.32 Å². The molecule has 6 heteroatoms. The normalized spacial score (nSPS) is 17.7. The molecule has 0 saturated carbocycles. The van der Waals surface area contributed by atoms with Gasteiger partial charge in [-0.05, 0) is 43.0 Å². The topological polar surface area (TPSA) is 69.7 Å². The Hall–Kier alpha value is -3.15. The fraction of sp³-hybridized carbons (Fsp3) is 0.375. The zero-order chi connectivity index (χ0) is 21.1. The molecule has 30 heavy (non-hydrogen) atoms. The number of aryl methyl sites for hydroxylation is 1. The van der Waals surface area contributed by atoms with Gasteiger partial charge < -0.3 is 10.2 Å². The van der Waals surface area contributed by atoms with Gasteiger partial charge in [0.15, 0.2) is 0 Å². The lowest BCUT2D eigenvalue weighted by atomic mass is 9.95. The summed E-state index contributed by atoms with van der Waals surface area (Å²) >= 11 is 0. The lowest BCUT2D eigenvalue weighted by Crippen LogP contribution is -2.39. The summed E-state index contributed by atoms with van der Waals surface area (Å²) in [4.78, 5) is 40.6. The Balaban J connectivity index is 1.21. The minimum absolute atomic E-state index is 0.0120. The number of benzene rings is 2. The highest BCUT2D eigenvalue weighted by atomic mass is 16.2. The molecule has 2 aromatic rings. The highest BCUT2D eigenvalue weighted by Crippen LogP contribution is 2.30. The van der Waals surface area contributed by atoms with Gasteiger partial charge in [-0.1, -0.05) is 48.4 Å². The van der Waals surface area contributed by atoms with Gasteiger partial charge >= 0.3 is 6.03 Å². The molecule has 1 saturated heterocycles. The van der Waals surface area contributed by atoms with Gasteiger partial charge in [-0.2, -0.15) is 0 Å². The van der Waals surface area contributed by atoms with Crippen molar-refractivity contribution in [3.8, 4) is 0 Å². The van der Waals surface area contributed by atoms with E-state index in [4.69, 9.17) is 0 Å². The van der Waals surface area contributed by atoms with Gasteiger partial charge in [0.2, 0.25) is 5.91 Å². The largest absolute Gasteiger partial charge is 0.327 e. The van der Waals surface area contributed by atoms with Crippen molar-refractivity contribution in [3.63, 3.8) is 0 Å². The molecule has 0 radical (unpaired) electrons. The monoisotopic (exact) mass is 405 g/mol. The first-order chi connectivity index (χ1) is 14.5. The Morgan fingerprint density at radius 2 is 1.73 bits per heavy atom. The smallest absolute Gasteiger partial charge is 0.326 e. The SMILES string of the molecule is Cc1ccc(NC(=O)CCCCCN2C(=O)[C@@H]3Cc4ccccc4CN3C2=O)cc1. The third-order valence-corrected chi connectivity index (χ3v) is 5.90. The van der Waals surface area contributed by atoms with E-state index in [-0.39, 0.29) is 23.9 Å². The molecule has 156 valence electrons. The van der Waals surface area contributed by atoms with Crippen molar-refractivity contribution in [2.24, 2.45) is 0 Å². The van der Waals surface area contributed by atoms with Gasteiger partial charge in [-0.25, -0.2) is 4.79 Å². The van der Waals surface area contributed by atoms with Crippen LogP contribution in [0.15, 0.2) is 48.5 Å². The van der Waals surface area contributed by atoms with E-state index >= 15 is 0 Å². The van der Waals surface area contributed by atoms with Crippen LogP contribution in [0.4, 0.5) is 10.5 Å². The second-order valence-corrected chi connectivity index (χ2v) is 8.11. The maximum atomic E-state index is 12.8. The first-order valence-electron chi connectivity index (χ1n) is 10.6. The maximum Gasteiger partial charge on any atom is 0.327 e. The number of unbranched alkanes of at least 4 members (excludes halogenated alkanes) is 2. The van der Waals surface area contributed by atoms with E-state index in [1.807, 2.05) is 55.5 Å². The molecule has 0 spiro atoms. The first kappa shape index (κ1) is 20.1. The second-order valence-electron chi connectivity index (χ2n) is 8.11. The van der Waals surface area contributed by atoms with Crippen molar-refractivity contribution in [2.45, 2.75) is 51.6 Å². The number of imide groups is 1. The minimum atomic E-state index is -0.368. The van der Waals surface area contributed by atoms with Crippen molar-refractivity contribution in [1.82, 2.24) is 9.80 Å². The summed E-state index contributed by atoms with van der Waals surface area (Å²) in [5, 5.41) is 2.89. The standard InChI is InChI=1S/C24H27N3O3/c1-17-10-12-20(13-11-17)25-22(28)9-3-2-6-14-26-23(29)21-15-18-7-4-5-8-19(18)16-27(21)24(26)30/h4-5,7-8,10-13,21H,2-3,6,9,14-16H2,1H3,(H,25,28)/t21-/m0/s1. The van der Waals surface area contributed by atoms with Crippen LogP contribution in [0.3, 0.4) is 0 Å². The number of urea groups is 1. The van der Waals surface area contributed by atoms with Gasteiger partial charge in [0.05, 0.1) is 0 Å². The Bertz CT molecular complexity index is 911. The third kappa shape index (κ3) is 4.22. The average Bonchev–Trinajstić information content (AvgIpc) is 2.97. The summed E-state index contributed by atoms with van der Waals surface area (Å²) in [6.07, 6.45) is 3.26. The van der Waals surface area contributed by atoms with E-state index in [0.717, 1.165) is 35.2 Å². The van der Waals surface area contributed by atoms with E-state index in [1.54, 1.807) is 4.90 Å².